The summed E-state index contributed by atoms with van der Waals surface area (Å²) in [6.07, 6.45) is 2.62. The summed E-state index contributed by atoms with van der Waals surface area (Å²) < 4.78 is 5.36. The summed E-state index contributed by atoms with van der Waals surface area (Å²) in [6, 6.07) is 11.8. The van der Waals surface area contributed by atoms with Gasteiger partial charge < -0.3 is 14.6 Å². The molecule has 0 saturated heterocycles. The van der Waals surface area contributed by atoms with Crippen LogP contribution >= 0.6 is 0 Å². The molecule has 1 N–H and O–H groups in total. The Morgan fingerprint density at radius 3 is 3.00 bits per heavy atom. The average Bonchev–Trinajstić information content (AvgIpc) is 2.99. The molecule has 0 fully saturated rings. The van der Waals surface area contributed by atoms with Crippen molar-refractivity contribution < 1.29 is 9.53 Å². The zero-order valence-corrected chi connectivity index (χ0v) is 13.7. The van der Waals surface area contributed by atoms with Gasteiger partial charge in [-0.3, -0.25) is 4.79 Å². The summed E-state index contributed by atoms with van der Waals surface area (Å²) in [5, 5.41) is 1.14. The van der Waals surface area contributed by atoms with Crippen LogP contribution in [0.3, 0.4) is 0 Å². The molecule has 0 radical (unpaired) electrons. The fourth-order valence-electron chi connectivity index (χ4n) is 3.61. The number of H-pyrrole nitrogens is 1. The van der Waals surface area contributed by atoms with Gasteiger partial charge in [0.05, 0.1) is 13.2 Å². The number of methoxy groups -OCH3 is 1. The summed E-state index contributed by atoms with van der Waals surface area (Å²) in [7, 11) is 1.65. The first-order chi connectivity index (χ1) is 11.7. The predicted molar refractivity (Wildman–Crippen MR) is 92.0 cm³/mol. The highest BCUT2D eigenvalue weighted by molar-refractivity contribution is 5.83. The smallest absolute Gasteiger partial charge is 0.220 e. The average molecular weight is 321 g/mol. The number of aromatic nitrogens is 2. The molecule has 1 aliphatic rings. The number of hydrogen-bond donors (Lipinski definition) is 1. The van der Waals surface area contributed by atoms with E-state index in [1.165, 1.54) is 5.56 Å². The van der Waals surface area contributed by atoms with Gasteiger partial charge in [-0.1, -0.05) is 12.1 Å². The van der Waals surface area contributed by atoms with E-state index in [0.717, 1.165) is 34.5 Å². The zero-order valence-electron chi connectivity index (χ0n) is 13.7. The third-order valence-corrected chi connectivity index (χ3v) is 4.71. The van der Waals surface area contributed by atoms with E-state index in [9.17, 15) is 4.79 Å². The molecule has 1 aliphatic heterocycles. The zero-order chi connectivity index (χ0) is 16.7. The van der Waals surface area contributed by atoms with Crippen molar-refractivity contribution in [1.82, 2.24) is 14.9 Å². The highest BCUT2D eigenvalue weighted by Gasteiger charge is 2.33. The second kappa shape index (κ2) is 5.67. The molecule has 0 saturated carbocycles. The van der Waals surface area contributed by atoms with Crippen LogP contribution in [0.25, 0.3) is 11.0 Å². The maximum atomic E-state index is 12.2. The van der Waals surface area contributed by atoms with Crippen molar-refractivity contribution in [2.75, 3.05) is 13.7 Å². The van der Waals surface area contributed by atoms with Gasteiger partial charge in [0.25, 0.3) is 0 Å². The Morgan fingerprint density at radius 1 is 1.33 bits per heavy atom. The van der Waals surface area contributed by atoms with Gasteiger partial charge in [0, 0.05) is 30.7 Å². The molecule has 1 amide bonds. The highest BCUT2D eigenvalue weighted by atomic mass is 16.5. The first-order valence-corrected chi connectivity index (χ1v) is 8.05. The second-order valence-electron chi connectivity index (χ2n) is 6.06. The molecular weight excluding hydrogens is 302 g/mol. The van der Waals surface area contributed by atoms with E-state index in [2.05, 4.69) is 16.0 Å². The molecule has 0 bridgehead atoms. The topological polar surface area (TPSA) is 58.2 Å². The van der Waals surface area contributed by atoms with Gasteiger partial charge in [-0.05, 0) is 41.8 Å². The van der Waals surface area contributed by atoms with Crippen molar-refractivity contribution in [2.45, 2.75) is 19.4 Å². The Morgan fingerprint density at radius 2 is 2.21 bits per heavy atom. The highest BCUT2D eigenvalue weighted by Crippen LogP contribution is 2.38. The lowest BCUT2D eigenvalue weighted by Crippen LogP contribution is -2.39. The molecule has 5 nitrogen and oxygen atoms in total. The standard InChI is InChI=1S/C19H19N3O2/c1-12(23)22-10-8-15-16-7-4-9-20-19(16)21-17(15)18(22)13-5-3-6-14(11-13)24-2/h3-7,9,11,18H,8,10H2,1-2H3,(H,20,21). The molecule has 3 heterocycles. The number of ether oxygens (including phenoxy) is 1. The van der Waals surface area contributed by atoms with E-state index >= 15 is 0 Å². The summed E-state index contributed by atoms with van der Waals surface area (Å²) >= 11 is 0. The van der Waals surface area contributed by atoms with Crippen molar-refractivity contribution in [3.05, 3.63) is 59.4 Å². The minimum absolute atomic E-state index is 0.0695. The number of benzene rings is 1. The first-order valence-electron chi connectivity index (χ1n) is 8.05. The first kappa shape index (κ1) is 14.8. The van der Waals surface area contributed by atoms with E-state index in [-0.39, 0.29) is 11.9 Å². The van der Waals surface area contributed by atoms with Crippen molar-refractivity contribution in [2.24, 2.45) is 0 Å². The molecule has 1 atom stereocenters. The monoisotopic (exact) mass is 321 g/mol. The van der Waals surface area contributed by atoms with Crippen LogP contribution < -0.4 is 4.74 Å². The molecule has 5 heteroatoms. The maximum Gasteiger partial charge on any atom is 0.220 e. The largest absolute Gasteiger partial charge is 0.497 e. The van der Waals surface area contributed by atoms with Gasteiger partial charge >= 0.3 is 0 Å². The summed E-state index contributed by atoms with van der Waals surface area (Å²) in [5.74, 6) is 0.859. The number of fused-ring (bicyclic) bond motifs is 3. The molecule has 1 unspecified atom stereocenters. The lowest BCUT2D eigenvalue weighted by Gasteiger charge is -2.35. The number of hydrogen-bond acceptors (Lipinski definition) is 3. The van der Waals surface area contributed by atoms with Crippen molar-refractivity contribution >= 4 is 16.9 Å². The number of nitrogens with one attached hydrogen (secondary N) is 1. The Kier molecular flexibility index (Phi) is 3.49. The van der Waals surface area contributed by atoms with Crippen LogP contribution in [0.4, 0.5) is 0 Å². The molecule has 24 heavy (non-hydrogen) atoms. The lowest BCUT2D eigenvalue weighted by atomic mass is 9.92. The van der Waals surface area contributed by atoms with Crippen molar-refractivity contribution in [3.63, 3.8) is 0 Å². The fourth-order valence-corrected chi connectivity index (χ4v) is 3.61. The van der Waals surface area contributed by atoms with Crippen LogP contribution in [0.2, 0.25) is 0 Å². The molecule has 0 aliphatic carbocycles. The van der Waals surface area contributed by atoms with Gasteiger partial charge in [-0.25, -0.2) is 4.98 Å². The van der Waals surface area contributed by atoms with Crippen molar-refractivity contribution in [1.29, 1.82) is 0 Å². The third-order valence-electron chi connectivity index (χ3n) is 4.71. The Bertz CT molecular complexity index is 916. The van der Waals surface area contributed by atoms with Gasteiger partial charge in [-0.2, -0.15) is 0 Å². The number of carbonyl (C=O) groups excluding carboxylic acids is 1. The van der Waals surface area contributed by atoms with E-state index in [0.29, 0.717) is 6.54 Å². The summed E-state index contributed by atoms with van der Waals surface area (Å²) in [4.78, 5) is 22.0. The van der Waals surface area contributed by atoms with E-state index in [1.54, 1.807) is 20.2 Å². The predicted octanol–water partition coefficient (Wildman–Crippen LogP) is 3.07. The molecule has 2 aromatic heterocycles. The lowest BCUT2D eigenvalue weighted by molar-refractivity contribution is -0.130. The molecule has 4 rings (SSSR count). The second-order valence-corrected chi connectivity index (χ2v) is 6.06. The maximum absolute atomic E-state index is 12.2. The van der Waals surface area contributed by atoms with Crippen molar-refractivity contribution in [3.8, 4) is 5.75 Å². The van der Waals surface area contributed by atoms with E-state index < -0.39 is 0 Å². The van der Waals surface area contributed by atoms with Gasteiger partial charge in [-0.15, -0.1) is 0 Å². The van der Waals surface area contributed by atoms with Gasteiger partial charge in [0.15, 0.2) is 0 Å². The third kappa shape index (κ3) is 2.24. The fraction of sp³-hybridized carbons (Fsp3) is 0.263. The number of amides is 1. The SMILES string of the molecule is COc1cccc(C2c3[nH]c4ncccc4c3CCN2C(C)=O)c1. The summed E-state index contributed by atoms with van der Waals surface area (Å²) in [6.45, 7) is 2.32. The Hall–Kier alpha value is -2.82. The number of rotatable bonds is 2. The molecule has 122 valence electrons. The van der Waals surface area contributed by atoms with Crippen LogP contribution in [0.15, 0.2) is 42.6 Å². The van der Waals surface area contributed by atoms with Crippen LogP contribution in [-0.4, -0.2) is 34.4 Å². The number of carbonyl (C=O) groups is 1. The van der Waals surface area contributed by atoms with E-state index in [1.807, 2.05) is 35.2 Å². The number of aromatic amines is 1. The van der Waals surface area contributed by atoms with Crippen LogP contribution in [0.5, 0.6) is 5.75 Å². The Labute approximate surface area is 140 Å². The molecule has 1 aromatic carbocycles. The molecular formula is C19H19N3O2. The number of pyridine rings is 1. The summed E-state index contributed by atoms with van der Waals surface area (Å²) in [5.41, 5.74) is 4.22. The van der Waals surface area contributed by atoms with Crippen LogP contribution in [0, 0.1) is 0 Å². The molecule has 3 aromatic rings. The van der Waals surface area contributed by atoms with E-state index in [4.69, 9.17) is 4.74 Å². The minimum atomic E-state index is -0.143. The number of nitrogens with zero attached hydrogens (tertiary/aromatic N) is 2. The Balaban J connectivity index is 1.92. The quantitative estimate of drug-likeness (QED) is 0.789. The normalized spacial score (nSPS) is 16.9. The van der Waals surface area contributed by atoms with Gasteiger partial charge in [0.1, 0.15) is 11.4 Å². The molecule has 0 spiro atoms. The minimum Gasteiger partial charge on any atom is -0.497 e. The van der Waals surface area contributed by atoms with Crippen LogP contribution in [-0.2, 0) is 11.2 Å². The van der Waals surface area contributed by atoms with Gasteiger partial charge in [0.2, 0.25) is 5.91 Å². The van der Waals surface area contributed by atoms with Crippen LogP contribution in [0.1, 0.15) is 29.8 Å².